The molecule has 2 saturated heterocycles. The van der Waals surface area contributed by atoms with E-state index in [2.05, 4.69) is 40.4 Å². The number of hydrogen-bond acceptors (Lipinski definition) is 6. The summed E-state index contributed by atoms with van der Waals surface area (Å²) in [5.41, 5.74) is 3.88. The first-order valence-electron chi connectivity index (χ1n) is 13.8. The number of nitrogens with one attached hydrogen (secondary N) is 1. The molecule has 218 valence electrons. The molecule has 0 bridgehead atoms. The summed E-state index contributed by atoms with van der Waals surface area (Å²) in [5, 5.41) is 9.38. The Morgan fingerprint density at radius 2 is 1.73 bits per heavy atom. The standard InChI is InChI=1S/C30H32F4N4O3/c31-24-6-3-22(4-7-24)18-38-26-17-21(2-1-20-9-13-35-14-10-20)5-8-25(26)28(36-38)23-11-15-37(16-12-23)19-27(39)41-29(40)30(32,33)34/h1-8,17,20,23,35H,9-16,18-19H2. The summed E-state index contributed by atoms with van der Waals surface area (Å²) in [6.07, 6.45) is 2.72. The van der Waals surface area contributed by atoms with Gasteiger partial charge < -0.3 is 10.1 Å². The number of alkyl halides is 3. The fourth-order valence-corrected chi connectivity index (χ4v) is 5.53. The Labute approximate surface area is 235 Å². The lowest BCUT2D eigenvalue weighted by Crippen LogP contribution is -2.39. The maximum absolute atomic E-state index is 13.5. The highest BCUT2D eigenvalue weighted by molar-refractivity contribution is 5.89. The van der Waals surface area contributed by atoms with Crippen LogP contribution in [0.3, 0.4) is 0 Å². The minimum Gasteiger partial charge on any atom is -0.385 e. The third kappa shape index (κ3) is 7.39. The van der Waals surface area contributed by atoms with Crippen LogP contribution >= 0.6 is 0 Å². The molecule has 0 unspecified atom stereocenters. The summed E-state index contributed by atoms with van der Waals surface area (Å²) in [6.45, 7) is 3.02. The van der Waals surface area contributed by atoms with Crippen molar-refractivity contribution in [1.82, 2.24) is 20.0 Å². The number of carbonyl (C=O) groups excluding carboxylic acids is 2. The summed E-state index contributed by atoms with van der Waals surface area (Å²) >= 11 is 0. The molecule has 0 saturated carbocycles. The Morgan fingerprint density at radius 1 is 1.02 bits per heavy atom. The van der Waals surface area contributed by atoms with E-state index in [4.69, 9.17) is 5.10 Å². The second kappa shape index (κ2) is 12.5. The van der Waals surface area contributed by atoms with Crippen molar-refractivity contribution in [2.45, 2.75) is 44.3 Å². The molecule has 0 atom stereocenters. The van der Waals surface area contributed by atoms with E-state index in [0.29, 0.717) is 38.4 Å². The van der Waals surface area contributed by atoms with Gasteiger partial charge in [0.1, 0.15) is 5.82 Å². The van der Waals surface area contributed by atoms with Crippen LogP contribution < -0.4 is 5.32 Å². The lowest BCUT2D eigenvalue weighted by Gasteiger charge is -2.30. The molecule has 3 aromatic rings. The number of carbonyl (C=O) groups is 2. The van der Waals surface area contributed by atoms with E-state index in [-0.39, 0.29) is 18.3 Å². The van der Waals surface area contributed by atoms with Gasteiger partial charge in [-0.25, -0.2) is 9.18 Å². The van der Waals surface area contributed by atoms with Crippen LogP contribution in [0, 0.1) is 11.7 Å². The molecule has 1 aromatic heterocycles. The van der Waals surface area contributed by atoms with E-state index in [9.17, 15) is 27.2 Å². The minimum atomic E-state index is -5.21. The van der Waals surface area contributed by atoms with Gasteiger partial charge in [-0.1, -0.05) is 36.4 Å². The van der Waals surface area contributed by atoms with Gasteiger partial charge in [0.05, 0.1) is 24.3 Å². The van der Waals surface area contributed by atoms with Crippen molar-refractivity contribution < 1.29 is 31.9 Å². The molecular weight excluding hydrogens is 540 g/mol. The molecule has 41 heavy (non-hydrogen) atoms. The number of aromatic nitrogens is 2. The molecule has 0 amide bonds. The molecule has 0 aliphatic carbocycles. The van der Waals surface area contributed by atoms with Gasteiger partial charge in [-0.15, -0.1) is 0 Å². The van der Waals surface area contributed by atoms with Crippen LogP contribution in [-0.2, 0) is 20.9 Å². The van der Waals surface area contributed by atoms with Gasteiger partial charge >= 0.3 is 18.1 Å². The second-order valence-corrected chi connectivity index (χ2v) is 10.7. The number of hydrogen-bond donors (Lipinski definition) is 1. The zero-order valence-electron chi connectivity index (χ0n) is 22.5. The predicted octanol–water partition coefficient (Wildman–Crippen LogP) is 5.05. The molecule has 2 fully saturated rings. The Bertz CT molecular complexity index is 1400. The van der Waals surface area contributed by atoms with E-state index >= 15 is 0 Å². The highest BCUT2D eigenvalue weighted by Gasteiger charge is 2.42. The Kier molecular flexibility index (Phi) is 8.84. The molecule has 11 heteroatoms. The lowest BCUT2D eigenvalue weighted by atomic mass is 9.91. The van der Waals surface area contributed by atoms with Crippen molar-refractivity contribution in [3.05, 3.63) is 71.2 Å². The van der Waals surface area contributed by atoms with E-state index in [0.717, 1.165) is 53.7 Å². The van der Waals surface area contributed by atoms with Crippen molar-refractivity contribution in [1.29, 1.82) is 0 Å². The molecule has 2 aliphatic rings. The number of ether oxygens (including phenoxy) is 1. The zero-order chi connectivity index (χ0) is 29.0. The molecular formula is C30H32F4N4O3. The fourth-order valence-electron chi connectivity index (χ4n) is 5.53. The zero-order valence-corrected chi connectivity index (χ0v) is 22.5. The maximum atomic E-state index is 13.5. The van der Waals surface area contributed by atoms with E-state index in [1.807, 2.05) is 4.68 Å². The summed E-state index contributed by atoms with van der Waals surface area (Å²) in [4.78, 5) is 24.5. The topological polar surface area (TPSA) is 76.5 Å². The Morgan fingerprint density at radius 3 is 2.41 bits per heavy atom. The lowest BCUT2D eigenvalue weighted by molar-refractivity contribution is -0.202. The van der Waals surface area contributed by atoms with Gasteiger partial charge in [0.25, 0.3) is 0 Å². The molecule has 2 aromatic carbocycles. The highest BCUT2D eigenvalue weighted by Crippen LogP contribution is 2.34. The molecule has 5 rings (SSSR count). The quantitative estimate of drug-likeness (QED) is 0.243. The largest absolute Gasteiger partial charge is 0.491 e. The SMILES string of the molecule is O=C(CN1CCC(c2nn(Cc3ccc(F)cc3)c3cc(C=CC4CCNCC4)ccc23)CC1)OC(=O)C(F)(F)F. The van der Waals surface area contributed by atoms with Crippen molar-refractivity contribution in [2.24, 2.45) is 5.92 Å². The van der Waals surface area contributed by atoms with Crippen LogP contribution in [-0.4, -0.2) is 65.5 Å². The summed E-state index contributed by atoms with van der Waals surface area (Å²) in [5.74, 6) is -3.40. The minimum absolute atomic E-state index is 0.0761. The number of fused-ring (bicyclic) bond motifs is 1. The molecule has 7 nitrogen and oxygen atoms in total. The number of esters is 2. The number of rotatable bonds is 7. The first-order chi connectivity index (χ1) is 19.7. The molecule has 0 radical (unpaired) electrons. The highest BCUT2D eigenvalue weighted by atomic mass is 19.4. The maximum Gasteiger partial charge on any atom is 0.491 e. The number of halogens is 4. The molecule has 1 N–H and O–H groups in total. The van der Waals surface area contributed by atoms with Gasteiger partial charge in [-0.3, -0.25) is 14.4 Å². The first-order valence-corrected chi connectivity index (χ1v) is 13.8. The summed E-state index contributed by atoms with van der Waals surface area (Å²) in [6, 6.07) is 12.6. The third-order valence-electron chi connectivity index (χ3n) is 7.76. The first kappa shape index (κ1) is 28.9. The van der Waals surface area contributed by atoms with Crippen molar-refractivity contribution in [3.63, 3.8) is 0 Å². The van der Waals surface area contributed by atoms with Crippen LogP contribution in [0.4, 0.5) is 17.6 Å². The Balaban J connectivity index is 1.32. The van der Waals surface area contributed by atoms with Crippen molar-refractivity contribution in [3.8, 4) is 0 Å². The van der Waals surface area contributed by atoms with Crippen molar-refractivity contribution >= 4 is 28.9 Å². The number of likely N-dealkylation sites (tertiary alicyclic amines) is 1. The number of benzene rings is 2. The average Bonchev–Trinajstić information content (AvgIpc) is 3.31. The van der Waals surface area contributed by atoms with E-state index in [1.165, 1.54) is 12.1 Å². The molecule has 3 heterocycles. The summed E-state index contributed by atoms with van der Waals surface area (Å²) < 4.78 is 56.6. The third-order valence-corrected chi connectivity index (χ3v) is 7.76. The normalized spacial score (nSPS) is 17.9. The van der Waals surface area contributed by atoms with Gasteiger partial charge in [0.2, 0.25) is 0 Å². The number of nitrogens with zero attached hydrogens (tertiary/aromatic N) is 3. The van der Waals surface area contributed by atoms with Crippen LogP contribution in [0.25, 0.3) is 17.0 Å². The second-order valence-electron chi connectivity index (χ2n) is 10.7. The van der Waals surface area contributed by atoms with Gasteiger partial charge in [-0.05, 0) is 87.1 Å². The molecule has 2 aliphatic heterocycles. The fraction of sp³-hybridized carbons (Fsp3) is 0.433. The van der Waals surface area contributed by atoms with Gasteiger partial charge in [0, 0.05) is 11.3 Å². The monoisotopic (exact) mass is 572 g/mol. The number of piperidine rings is 2. The molecule has 0 spiro atoms. The predicted molar refractivity (Wildman–Crippen MR) is 145 cm³/mol. The average molecular weight is 573 g/mol. The van der Waals surface area contributed by atoms with Crippen LogP contribution in [0.5, 0.6) is 0 Å². The van der Waals surface area contributed by atoms with Crippen LogP contribution in [0.2, 0.25) is 0 Å². The van der Waals surface area contributed by atoms with Gasteiger partial charge in [0.15, 0.2) is 0 Å². The van der Waals surface area contributed by atoms with E-state index in [1.54, 1.807) is 17.0 Å². The summed E-state index contributed by atoms with van der Waals surface area (Å²) in [7, 11) is 0. The smallest absolute Gasteiger partial charge is 0.385 e. The van der Waals surface area contributed by atoms with E-state index < -0.39 is 18.1 Å². The number of allylic oxidation sites excluding steroid dienone is 1. The van der Waals surface area contributed by atoms with Crippen LogP contribution in [0.1, 0.15) is 48.4 Å². The Hall–Kier alpha value is -3.57. The van der Waals surface area contributed by atoms with Crippen LogP contribution in [0.15, 0.2) is 48.5 Å². The van der Waals surface area contributed by atoms with Gasteiger partial charge in [-0.2, -0.15) is 18.3 Å². The van der Waals surface area contributed by atoms with Crippen molar-refractivity contribution in [2.75, 3.05) is 32.7 Å².